The molecule has 8 nitrogen and oxygen atoms in total. The summed E-state index contributed by atoms with van der Waals surface area (Å²) in [6.45, 7) is 2.87. The number of methoxy groups -OCH3 is 1. The summed E-state index contributed by atoms with van der Waals surface area (Å²) in [4.78, 5) is 38.0. The number of hydrogen-bond acceptors (Lipinski definition) is 5. The maximum absolute atomic E-state index is 14.9. The molecule has 0 aromatic heterocycles. The zero-order chi connectivity index (χ0) is 26.8. The highest BCUT2D eigenvalue weighted by atomic mass is 19.1. The minimum absolute atomic E-state index is 0.0187. The van der Waals surface area contributed by atoms with Gasteiger partial charge in [-0.15, -0.1) is 0 Å². The van der Waals surface area contributed by atoms with Gasteiger partial charge in [0.1, 0.15) is 5.75 Å². The first-order valence-electron chi connectivity index (χ1n) is 14.0. The van der Waals surface area contributed by atoms with Gasteiger partial charge in [-0.2, -0.15) is 0 Å². The summed E-state index contributed by atoms with van der Waals surface area (Å²) in [5.41, 5.74) is 0.345. The molecule has 2 amide bonds. The van der Waals surface area contributed by atoms with Gasteiger partial charge in [0, 0.05) is 18.7 Å². The van der Waals surface area contributed by atoms with E-state index in [4.69, 9.17) is 9.47 Å². The monoisotopic (exact) mass is 528 g/mol. The molecular formula is C29H37FN2O6. The van der Waals surface area contributed by atoms with Crippen molar-refractivity contribution in [2.75, 3.05) is 13.7 Å². The maximum Gasteiger partial charge on any atom is 0.307 e. The number of amides is 2. The first kappa shape index (κ1) is 25.4. The predicted molar refractivity (Wildman–Crippen MR) is 135 cm³/mol. The standard InChI is InChI=1S/C29H37FN2O6/c1-29(6-3-7-29)13-31-27(34)23-14-4-5-15(8-14)25(23)32-26(33)19-11-22(20(30)12-21(19)37-2)38-16-9-17-18(10-16)24(17)28(35)36/h11-12,14-18,23-25H,3-10,13H2,1-2H3,(H,31,34)(H,32,33)(H,35,36). The summed E-state index contributed by atoms with van der Waals surface area (Å²) in [6.07, 6.45) is 7.21. The van der Waals surface area contributed by atoms with Gasteiger partial charge in [-0.05, 0) is 80.1 Å². The predicted octanol–water partition coefficient (Wildman–Crippen LogP) is 3.77. The van der Waals surface area contributed by atoms with Crippen LogP contribution in [0.15, 0.2) is 12.1 Å². The van der Waals surface area contributed by atoms with E-state index in [1.807, 2.05) is 0 Å². The zero-order valence-corrected chi connectivity index (χ0v) is 22.0. The number of ether oxygens (including phenoxy) is 2. The van der Waals surface area contributed by atoms with Crippen molar-refractivity contribution >= 4 is 17.8 Å². The summed E-state index contributed by atoms with van der Waals surface area (Å²) < 4.78 is 26.1. The SMILES string of the molecule is COc1cc(F)c(OC2CC3C(C2)C3C(=O)O)cc1C(=O)NC1C2CCC(C2)C1C(=O)NCC1(C)CCC1. The van der Waals surface area contributed by atoms with Crippen molar-refractivity contribution in [2.45, 2.75) is 70.4 Å². The number of carbonyl (C=O) groups is 3. The number of fused-ring (bicyclic) bond motifs is 3. The number of halogens is 1. The number of carboxylic acid groups (broad SMARTS) is 1. The molecule has 1 aromatic carbocycles. The van der Waals surface area contributed by atoms with Crippen molar-refractivity contribution < 1.29 is 33.4 Å². The van der Waals surface area contributed by atoms with Crippen LogP contribution in [0.25, 0.3) is 0 Å². The molecule has 2 bridgehead atoms. The van der Waals surface area contributed by atoms with Gasteiger partial charge in [0.25, 0.3) is 5.91 Å². The lowest BCUT2D eigenvalue weighted by molar-refractivity contribution is -0.139. The van der Waals surface area contributed by atoms with E-state index in [9.17, 15) is 23.9 Å². The molecule has 6 unspecified atom stereocenters. The minimum atomic E-state index is -0.780. The molecule has 38 heavy (non-hydrogen) atoms. The highest BCUT2D eigenvalue weighted by molar-refractivity contribution is 5.98. The minimum Gasteiger partial charge on any atom is -0.496 e. The fourth-order valence-electron chi connectivity index (χ4n) is 7.89. The van der Waals surface area contributed by atoms with Crippen LogP contribution in [0.3, 0.4) is 0 Å². The highest BCUT2D eigenvalue weighted by Crippen LogP contribution is 2.58. The topological polar surface area (TPSA) is 114 Å². The van der Waals surface area contributed by atoms with E-state index >= 15 is 0 Å². The van der Waals surface area contributed by atoms with E-state index in [0.29, 0.717) is 19.4 Å². The van der Waals surface area contributed by atoms with Gasteiger partial charge in [-0.3, -0.25) is 14.4 Å². The Balaban J connectivity index is 1.15. The molecule has 5 saturated carbocycles. The smallest absolute Gasteiger partial charge is 0.307 e. The van der Waals surface area contributed by atoms with Gasteiger partial charge in [-0.25, -0.2) is 4.39 Å². The number of aliphatic carboxylic acids is 1. The first-order chi connectivity index (χ1) is 18.2. The van der Waals surface area contributed by atoms with Crippen LogP contribution >= 0.6 is 0 Å². The number of carbonyl (C=O) groups excluding carboxylic acids is 2. The number of nitrogens with one attached hydrogen (secondary N) is 2. The van der Waals surface area contributed by atoms with E-state index in [2.05, 4.69) is 17.6 Å². The lowest BCUT2D eigenvalue weighted by Gasteiger charge is -2.39. The lowest BCUT2D eigenvalue weighted by atomic mass is 9.70. The molecule has 5 aliphatic carbocycles. The van der Waals surface area contributed by atoms with Gasteiger partial charge < -0.3 is 25.2 Å². The average molecular weight is 529 g/mol. The third kappa shape index (κ3) is 4.41. The zero-order valence-electron chi connectivity index (χ0n) is 22.0. The van der Waals surface area contributed by atoms with Crippen molar-refractivity contribution in [3.63, 3.8) is 0 Å². The highest BCUT2D eigenvalue weighted by Gasteiger charge is 2.60. The molecule has 3 N–H and O–H groups in total. The molecule has 5 aliphatic rings. The Bertz CT molecular complexity index is 1140. The van der Waals surface area contributed by atoms with Crippen molar-refractivity contribution in [3.05, 3.63) is 23.5 Å². The fraction of sp³-hybridized carbons (Fsp3) is 0.690. The van der Waals surface area contributed by atoms with Crippen LogP contribution < -0.4 is 20.1 Å². The number of hydrogen-bond donors (Lipinski definition) is 3. The molecule has 0 saturated heterocycles. The Morgan fingerprint density at radius 3 is 2.39 bits per heavy atom. The van der Waals surface area contributed by atoms with Crippen molar-refractivity contribution in [3.8, 4) is 11.5 Å². The summed E-state index contributed by atoms with van der Waals surface area (Å²) in [7, 11) is 1.39. The van der Waals surface area contributed by atoms with Gasteiger partial charge in [0.05, 0.1) is 30.6 Å². The van der Waals surface area contributed by atoms with E-state index in [0.717, 1.165) is 38.2 Å². The van der Waals surface area contributed by atoms with Crippen LogP contribution in [-0.4, -0.2) is 48.7 Å². The Morgan fingerprint density at radius 1 is 1.05 bits per heavy atom. The molecule has 6 rings (SSSR count). The number of rotatable bonds is 9. The Kier molecular flexibility index (Phi) is 6.30. The molecular weight excluding hydrogens is 491 g/mol. The molecule has 1 aromatic rings. The van der Waals surface area contributed by atoms with Crippen LogP contribution in [0.5, 0.6) is 11.5 Å². The largest absolute Gasteiger partial charge is 0.496 e. The van der Waals surface area contributed by atoms with Crippen LogP contribution in [0, 0.1) is 46.7 Å². The van der Waals surface area contributed by atoms with Crippen LogP contribution in [-0.2, 0) is 9.59 Å². The normalized spacial score (nSPS) is 35.7. The van der Waals surface area contributed by atoms with Gasteiger partial charge in [0.15, 0.2) is 11.6 Å². The van der Waals surface area contributed by atoms with Gasteiger partial charge in [-0.1, -0.05) is 13.3 Å². The first-order valence-corrected chi connectivity index (χ1v) is 14.0. The van der Waals surface area contributed by atoms with Gasteiger partial charge in [0.2, 0.25) is 5.91 Å². The summed E-state index contributed by atoms with van der Waals surface area (Å²) in [5, 5.41) is 15.5. The average Bonchev–Trinajstić information content (AvgIpc) is 3.21. The Hall–Kier alpha value is -2.84. The Morgan fingerprint density at radius 2 is 1.76 bits per heavy atom. The second-order valence-electron chi connectivity index (χ2n) is 12.6. The van der Waals surface area contributed by atoms with E-state index < -0.39 is 17.7 Å². The lowest BCUT2D eigenvalue weighted by Crippen LogP contribution is -2.51. The van der Waals surface area contributed by atoms with E-state index in [1.165, 1.54) is 19.6 Å². The molecule has 206 valence electrons. The van der Waals surface area contributed by atoms with Crippen molar-refractivity contribution in [1.82, 2.24) is 10.6 Å². The summed E-state index contributed by atoms with van der Waals surface area (Å²) in [5.74, 6) is -1.66. The second kappa shape index (κ2) is 9.42. The molecule has 0 aliphatic heterocycles. The second-order valence-corrected chi connectivity index (χ2v) is 12.6. The molecule has 0 radical (unpaired) electrons. The summed E-state index contributed by atoms with van der Waals surface area (Å²) >= 11 is 0. The van der Waals surface area contributed by atoms with Crippen LogP contribution in [0.1, 0.15) is 68.6 Å². The fourth-order valence-corrected chi connectivity index (χ4v) is 7.89. The molecule has 5 fully saturated rings. The van der Waals surface area contributed by atoms with Crippen molar-refractivity contribution in [1.29, 1.82) is 0 Å². The molecule has 0 spiro atoms. The molecule has 0 heterocycles. The molecule has 9 heteroatoms. The third-order valence-electron chi connectivity index (χ3n) is 10.2. The maximum atomic E-state index is 14.9. The van der Waals surface area contributed by atoms with Crippen molar-refractivity contribution in [2.24, 2.45) is 40.9 Å². The van der Waals surface area contributed by atoms with E-state index in [-0.39, 0.29) is 76.0 Å². The molecule has 6 atom stereocenters. The number of carboxylic acids is 1. The van der Waals surface area contributed by atoms with Gasteiger partial charge >= 0.3 is 5.97 Å². The third-order valence-corrected chi connectivity index (χ3v) is 10.2. The summed E-state index contributed by atoms with van der Waals surface area (Å²) in [6, 6.07) is 2.26. The quantitative estimate of drug-likeness (QED) is 0.450. The number of benzene rings is 1. The van der Waals surface area contributed by atoms with E-state index in [1.54, 1.807) is 0 Å². The Labute approximate surface area is 222 Å². The van der Waals surface area contributed by atoms with Crippen LogP contribution in [0.2, 0.25) is 0 Å². The van der Waals surface area contributed by atoms with Crippen LogP contribution in [0.4, 0.5) is 4.39 Å².